The van der Waals surface area contributed by atoms with Crippen LogP contribution in [0.4, 0.5) is 18.9 Å². The minimum Gasteiger partial charge on any atom is -0.457 e. The van der Waals surface area contributed by atoms with Crippen LogP contribution in [0.25, 0.3) is 0 Å². The Kier molecular flexibility index (Phi) is 7.27. The molecule has 0 spiro atoms. The van der Waals surface area contributed by atoms with Gasteiger partial charge in [-0.05, 0) is 78.2 Å². The molecule has 0 fully saturated rings. The number of pyridine rings is 1. The summed E-state index contributed by atoms with van der Waals surface area (Å²) in [4.78, 5) is 4.04. The van der Waals surface area contributed by atoms with Gasteiger partial charge < -0.3 is 9.47 Å². The van der Waals surface area contributed by atoms with Crippen molar-refractivity contribution in [2.24, 2.45) is 0 Å². The highest BCUT2D eigenvalue weighted by Crippen LogP contribution is 2.31. The maximum atomic E-state index is 13.0. The van der Waals surface area contributed by atoms with Crippen LogP contribution in [0, 0.1) is 0 Å². The third-order valence-electron chi connectivity index (χ3n) is 4.61. The first-order valence-corrected chi connectivity index (χ1v) is 12.7. The lowest BCUT2D eigenvalue weighted by Gasteiger charge is -2.25. The van der Waals surface area contributed by atoms with E-state index in [1.54, 1.807) is 42.5 Å². The standard InChI is InChI=1S/C24H19F3N2O4S2/c25-24(26,27)17-35(30,31)29(16-18-4-1-2-14-28-18)19-6-8-20(9-7-19)32-21-10-12-22(13-11-21)33-23-5-3-15-34-23/h1-15H,16-17H2. The van der Waals surface area contributed by atoms with E-state index in [1.165, 1.54) is 41.8 Å². The predicted molar refractivity (Wildman–Crippen MR) is 128 cm³/mol. The lowest BCUT2D eigenvalue weighted by atomic mass is 10.2. The molecule has 0 saturated carbocycles. The molecule has 11 heteroatoms. The van der Waals surface area contributed by atoms with Crippen LogP contribution >= 0.6 is 11.3 Å². The van der Waals surface area contributed by atoms with E-state index in [2.05, 4.69) is 4.98 Å². The minimum absolute atomic E-state index is 0.0620. The van der Waals surface area contributed by atoms with E-state index in [0.29, 0.717) is 27.2 Å². The molecule has 35 heavy (non-hydrogen) atoms. The van der Waals surface area contributed by atoms with Gasteiger partial charge in [-0.3, -0.25) is 9.29 Å². The van der Waals surface area contributed by atoms with E-state index >= 15 is 0 Å². The maximum absolute atomic E-state index is 13.0. The summed E-state index contributed by atoms with van der Waals surface area (Å²) in [6.07, 6.45) is -3.44. The van der Waals surface area contributed by atoms with Gasteiger partial charge in [0.15, 0.2) is 10.8 Å². The smallest absolute Gasteiger partial charge is 0.404 e. The molecule has 0 aliphatic carbocycles. The molecule has 0 bridgehead atoms. The number of sulfonamides is 1. The number of rotatable bonds is 9. The summed E-state index contributed by atoms with van der Waals surface area (Å²) in [5, 5.41) is 2.66. The predicted octanol–water partition coefficient (Wildman–Crippen LogP) is 6.63. The zero-order chi connectivity index (χ0) is 24.9. The van der Waals surface area contributed by atoms with E-state index in [0.717, 1.165) is 5.06 Å². The average molecular weight is 521 g/mol. The average Bonchev–Trinajstić information content (AvgIpc) is 3.32. The van der Waals surface area contributed by atoms with Gasteiger partial charge in [-0.15, -0.1) is 11.3 Å². The number of benzene rings is 2. The molecule has 2 heterocycles. The van der Waals surface area contributed by atoms with E-state index in [9.17, 15) is 21.6 Å². The van der Waals surface area contributed by atoms with Crippen molar-refractivity contribution in [1.82, 2.24) is 4.98 Å². The summed E-state index contributed by atoms with van der Waals surface area (Å²) in [6.45, 7) is -0.342. The van der Waals surface area contributed by atoms with Crippen LogP contribution in [-0.2, 0) is 16.6 Å². The number of nitrogens with zero attached hydrogens (tertiary/aromatic N) is 2. The third kappa shape index (κ3) is 6.96. The van der Waals surface area contributed by atoms with Crippen molar-refractivity contribution in [3.8, 4) is 22.3 Å². The first-order chi connectivity index (χ1) is 16.7. The lowest BCUT2D eigenvalue weighted by molar-refractivity contribution is -0.106. The molecule has 2 aromatic heterocycles. The first-order valence-electron chi connectivity index (χ1n) is 10.2. The normalized spacial score (nSPS) is 11.7. The summed E-state index contributed by atoms with van der Waals surface area (Å²) < 4.78 is 76.3. The highest BCUT2D eigenvalue weighted by Gasteiger charge is 2.38. The molecule has 4 rings (SSSR count). The second-order valence-corrected chi connectivity index (χ2v) is 10.1. The van der Waals surface area contributed by atoms with Crippen molar-refractivity contribution in [1.29, 1.82) is 0 Å². The molecule has 2 aromatic carbocycles. The second-order valence-electron chi connectivity index (χ2n) is 7.30. The van der Waals surface area contributed by atoms with Crippen molar-refractivity contribution in [3.05, 3.63) is 96.1 Å². The molecule has 0 atom stereocenters. The molecular weight excluding hydrogens is 501 g/mol. The number of hydrogen-bond acceptors (Lipinski definition) is 6. The Balaban J connectivity index is 1.50. The summed E-state index contributed by atoms with van der Waals surface area (Å²) in [5.74, 6) is -0.460. The van der Waals surface area contributed by atoms with Crippen molar-refractivity contribution < 1.29 is 31.1 Å². The van der Waals surface area contributed by atoms with Crippen LogP contribution in [0.1, 0.15) is 5.69 Å². The molecule has 4 aromatic rings. The van der Waals surface area contributed by atoms with Crippen LogP contribution in [0.15, 0.2) is 90.4 Å². The topological polar surface area (TPSA) is 68.7 Å². The minimum atomic E-state index is -4.89. The van der Waals surface area contributed by atoms with Gasteiger partial charge in [0, 0.05) is 6.20 Å². The van der Waals surface area contributed by atoms with Crippen molar-refractivity contribution in [2.45, 2.75) is 12.7 Å². The van der Waals surface area contributed by atoms with Gasteiger partial charge >= 0.3 is 6.18 Å². The molecule has 0 unspecified atom stereocenters. The van der Waals surface area contributed by atoms with E-state index in [1.807, 2.05) is 17.5 Å². The Morgan fingerprint density at radius 3 is 2.00 bits per heavy atom. The van der Waals surface area contributed by atoms with E-state index in [-0.39, 0.29) is 12.2 Å². The lowest BCUT2D eigenvalue weighted by Crippen LogP contribution is -2.37. The summed E-state index contributed by atoms with van der Waals surface area (Å²) in [6, 6.07) is 21.2. The van der Waals surface area contributed by atoms with Gasteiger partial charge in [0.05, 0.1) is 17.9 Å². The molecule has 0 aliphatic rings. The van der Waals surface area contributed by atoms with Gasteiger partial charge in [0.1, 0.15) is 17.2 Å². The molecule has 0 amide bonds. The first kappa shape index (κ1) is 24.6. The monoisotopic (exact) mass is 520 g/mol. The molecule has 182 valence electrons. The fourth-order valence-corrected chi connectivity index (χ4v) is 5.04. The van der Waals surface area contributed by atoms with E-state index < -0.39 is 22.0 Å². The van der Waals surface area contributed by atoms with Gasteiger partial charge in [0.25, 0.3) is 0 Å². The van der Waals surface area contributed by atoms with Crippen LogP contribution in [0.2, 0.25) is 0 Å². The van der Waals surface area contributed by atoms with Crippen LogP contribution < -0.4 is 13.8 Å². The van der Waals surface area contributed by atoms with Crippen LogP contribution in [-0.4, -0.2) is 25.3 Å². The highest BCUT2D eigenvalue weighted by atomic mass is 32.2. The van der Waals surface area contributed by atoms with Crippen molar-refractivity contribution in [3.63, 3.8) is 0 Å². The zero-order valence-corrected chi connectivity index (χ0v) is 19.7. The zero-order valence-electron chi connectivity index (χ0n) is 18.1. The van der Waals surface area contributed by atoms with Crippen LogP contribution in [0.3, 0.4) is 0 Å². The fraction of sp³-hybridized carbons (Fsp3) is 0.125. The van der Waals surface area contributed by atoms with Crippen molar-refractivity contribution >= 4 is 27.0 Å². The van der Waals surface area contributed by atoms with Gasteiger partial charge in [-0.2, -0.15) is 13.2 Å². The number of ether oxygens (including phenoxy) is 2. The van der Waals surface area contributed by atoms with E-state index in [4.69, 9.17) is 9.47 Å². The Bertz CT molecular complexity index is 1330. The van der Waals surface area contributed by atoms with Gasteiger partial charge in [-0.25, -0.2) is 8.42 Å². The number of halogens is 3. The largest absolute Gasteiger partial charge is 0.457 e. The number of thiophene rings is 1. The number of alkyl halides is 3. The Labute approximate surface area is 204 Å². The Hall–Kier alpha value is -3.57. The molecule has 0 aliphatic heterocycles. The molecule has 0 N–H and O–H groups in total. The van der Waals surface area contributed by atoms with Crippen LogP contribution in [0.5, 0.6) is 22.3 Å². The second kappa shape index (κ2) is 10.4. The van der Waals surface area contributed by atoms with Crippen molar-refractivity contribution in [2.75, 3.05) is 10.1 Å². The molecule has 0 radical (unpaired) electrons. The number of anilines is 1. The SMILES string of the molecule is O=S(=O)(CC(F)(F)F)N(Cc1ccccn1)c1ccc(Oc2ccc(Oc3cccs3)cc2)cc1. The molecule has 6 nitrogen and oxygen atoms in total. The Morgan fingerprint density at radius 1 is 0.829 bits per heavy atom. The fourth-order valence-electron chi connectivity index (χ4n) is 3.10. The number of hydrogen-bond donors (Lipinski definition) is 0. The quantitative estimate of drug-likeness (QED) is 0.248. The summed E-state index contributed by atoms with van der Waals surface area (Å²) in [5.41, 5.74) is 0.371. The Morgan fingerprint density at radius 2 is 1.46 bits per heavy atom. The molecule has 0 saturated heterocycles. The third-order valence-corrected chi connectivity index (χ3v) is 7.06. The van der Waals surface area contributed by atoms with Gasteiger partial charge in [0.2, 0.25) is 10.0 Å². The summed E-state index contributed by atoms with van der Waals surface area (Å²) in [7, 11) is -4.71. The summed E-state index contributed by atoms with van der Waals surface area (Å²) >= 11 is 1.47. The number of aromatic nitrogens is 1. The molecular formula is C24H19F3N2O4S2. The van der Waals surface area contributed by atoms with Gasteiger partial charge in [-0.1, -0.05) is 6.07 Å². The maximum Gasteiger partial charge on any atom is 0.404 e. The highest BCUT2D eigenvalue weighted by molar-refractivity contribution is 7.92.